The third kappa shape index (κ3) is 6.35. The van der Waals surface area contributed by atoms with Crippen LogP contribution >= 0.6 is 31.8 Å². The normalized spacial score (nSPS) is 10.9. The lowest BCUT2D eigenvalue weighted by Gasteiger charge is -2.18. The Morgan fingerprint density at radius 1 is 0.526 bits per heavy atom. The van der Waals surface area contributed by atoms with Crippen LogP contribution in [0.3, 0.4) is 0 Å². The maximum absolute atomic E-state index is 13.5. The molecule has 0 aromatic heterocycles. The van der Waals surface area contributed by atoms with Gasteiger partial charge in [-0.05, 0) is 57.1 Å². The molecule has 0 spiro atoms. The first-order valence-electron chi connectivity index (χ1n) is 11.7. The van der Waals surface area contributed by atoms with Crippen LogP contribution in [0.25, 0.3) is 0 Å². The van der Waals surface area contributed by atoms with Crippen molar-refractivity contribution in [1.82, 2.24) is 0 Å². The molecule has 7 heteroatoms. The predicted octanol–water partition coefficient (Wildman–Crippen LogP) is 9.51. The number of hydrogen-bond donors (Lipinski definition) is 0. The third-order valence-electron chi connectivity index (χ3n) is 5.39. The van der Waals surface area contributed by atoms with Gasteiger partial charge in [0.25, 0.3) is 0 Å². The maximum Gasteiger partial charge on any atom is 0.188 e. The first kappa shape index (κ1) is 25.8. The van der Waals surface area contributed by atoms with Gasteiger partial charge in [-0.2, -0.15) is 0 Å². The Labute approximate surface area is 232 Å². The van der Waals surface area contributed by atoms with Crippen LogP contribution in [0.2, 0.25) is 10.0 Å². The number of halogens is 2. The molecule has 0 fully saturated rings. The van der Waals surface area contributed by atoms with Gasteiger partial charge in [-0.25, -0.2) is 0 Å². The van der Waals surface area contributed by atoms with Crippen LogP contribution in [0.15, 0.2) is 121 Å². The summed E-state index contributed by atoms with van der Waals surface area (Å²) in [4.78, 5) is 13.5. The minimum Gasteiger partial charge on any atom is -0.457 e. The molecule has 0 bridgehead atoms. The van der Waals surface area contributed by atoms with Crippen molar-refractivity contribution < 1.29 is 19.0 Å². The van der Waals surface area contributed by atoms with E-state index < -0.39 is 8.58 Å². The summed E-state index contributed by atoms with van der Waals surface area (Å²) in [5.74, 6) is 3.19. The molecule has 0 amide bonds. The summed E-state index contributed by atoms with van der Waals surface area (Å²) in [5.41, 5.74) is 0.0169. The lowest BCUT2D eigenvalue weighted by Crippen LogP contribution is -2.10. The minimum absolute atomic E-state index is 0.242. The van der Waals surface area contributed by atoms with Crippen LogP contribution in [0.1, 0.15) is 10.4 Å². The molecule has 38 heavy (non-hydrogen) atoms. The summed E-state index contributed by atoms with van der Waals surface area (Å²) in [5, 5.41) is 1.13. The second-order valence-corrected chi connectivity index (χ2v) is 10.1. The molecule has 5 aromatic carbocycles. The van der Waals surface area contributed by atoms with E-state index in [9.17, 15) is 4.79 Å². The van der Waals surface area contributed by atoms with Crippen LogP contribution in [0.5, 0.6) is 34.5 Å². The highest BCUT2D eigenvalue weighted by molar-refractivity contribution is 7.66. The van der Waals surface area contributed by atoms with Crippen LogP contribution in [0.4, 0.5) is 0 Å². The van der Waals surface area contributed by atoms with Gasteiger partial charge in [-0.1, -0.05) is 83.9 Å². The Bertz CT molecular complexity index is 1460. The van der Waals surface area contributed by atoms with Crippen molar-refractivity contribution >= 4 is 42.6 Å². The number of rotatable bonds is 9. The minimum atomic E-state index is -0.400. The zero-order valence-electron chi connectivity index (χ0n) is 19.9. The summed E-state index contributed by atoms with van der Waals surface area (Å²) >= 11 is 12.7. The highest BCUT2D eigenvalue weighted by atomic mass is 35.5. The first-order valence-corrected chi connectivity index (χ1v) is 13.4. The van der Waals surface area contributed by atoms with Crippen LogP contribution < -0.4 is 19.5 Å². The molecule has 5 aromatic rings. The second-order valence-electron chi connectivity index (χ2n) is 8.09. The van der Waals surface area contributed by atoms with Gasteiger partial charge in [0.2, 0.25) is 0 Å². The van der Waals surface area contributed by atoms with Crippen molar-refractivity contribution in [1.29, 1.82) is 0 Å². The molecule has 0 saturated heterocycles. The first-order chi connectivity index (χ1) is 18.6. The molecule has 0 radical (unpaired) electrons. The van der Waals surface area contributed by atoms with E-state index in [4.69, 9.17) is 37.4 Å². The Morgan fingerprint density at radius 3 is 1.39 bits per heavy atom. The number of para-hydroxylation sites is 3. The molecule has 0 N–H and O–H groups in total. The van der Waals surface area contributed by atoms with Gasteiger partial charge in [0.05, 0.1) is 20.9 Å². The van der Waals surface area contributed by atoms with Crippen LogP contribution in [0, 0.1) is 0 Å². The maximum atomic E-state index is 13.5. The topological polar surface area (TPSA) is 44.8 Å². The molecule has 0 aliphatic heterocycles. The van der Waals surface area contributed by atoms with Crippen LogP contribution in [-0.4, -0.2) is 5.52 Å². The largest absolute Gasteiger partial charge is 0.457 e. The lowest BCUT2D eigenvalue weighted by molar-refractivity contribution is 0.108. The van der Waals surface area contributed by atoms with Crippen molar-refractivity contribution in [3.05, 3.63) is 137 Å². The third-order valence-corrected chi connectivity index (χ3v) is 7.24. The highest BCUT2D eigenvalue weighted by Gasteiger charge is 2.23. The summed E-state index contributed by atoms with van der Waals surface area (Å²) < 4.78 is 18.7. The van der Waals surface area contributed by atoms with E-state index in [1.165, 1.54) is 0 Å². The molecular formula is C31H21Cl2O4P. The van der Waals surface area contributed by atoms with Gasteiger partial charge in [0, 0.05) is 12.1 Å². The molecular weight excluding hydrogens is 538 g/mol. The van der Waals surface area contributed by atoms with E-state index in [-0.39, 0.29) is 21.1 Å². The van der Waals surface area contributed by atoms with Crippen molar-refractivity contribution in [3.63, 3.8) is 0 Å². The summed E-state index contributed by atoms with van der Waals surface area (Å²) in [6.07, 6.45) is 0. The second kappa shape index (κ2) is 12.1. The fourth-order valence-electron chi connectivity index (χ4n) is 3.66. The van der Waals surface area contributed by atoms with Gasteiger partial charge < -0.3 is 14.2 Å². The Kier molecular flexibility index (Phi) is 8.25. The van der Waals surface area contributed by atoms with E-state index in [2.05, 4.69) is 0 Å². The molecule has 4 nitrogen and oxygen atoms in total. The van der Waals surface area contributed by atoms with Crippen LogP contribution in [-0.2, 0) is 0 Å². The van der Waals surface area contributed by atoms with Gasteiger partial charge >= 0.3 is 0 Å². The van der Waals surface area contributed by atoms with Crippen molar-refractivity contribution in [3.8, 4) is 34.5 Å². The number of ether oxygens (including phenoxy) is 3. The summed E-state index contributed by atoms with van der Waals surface area (Å²) in [7, 11) is -0.400. The van der Waals surface area contributed by atoms with Crippen molar-refractivity contribution in [2.24, 2.45) is 0 Å². The van der Waals surface area contributed by atoms with E-state index in [1.807, 2.05) is 91.0 Å². The number of carbonyl (C=O) groups excluding carboxylic acids is 1. The molecule has 1 unspecified atom stereocenters. The average molecular weight is 559 g/mol. The van der Waals surface area contributed by atoms with E-state index in [0.29, 0.717) is 39.8 Å². The van der Waals surface area contributed by atoms with E-state index in [1.54, 1.807) is 30.3 Å². The molecule has 0 aliphatic carbocycles. The van der Waals surface area contributed by atoms with Gasteiger partial charge in [-0.3, -0.25) is 4.79 Å². The Hall–Kier alpha value is -3.82. The van der Waals surface area contributed by atoms with Crippen molar-refractivity contribution in [2.45, 2.75) is 0 Å². The number of carbonyl (C=O) groups is 1. The molecule has 0 saturated carbocycles. The van der Waals surface area contributed by atoms with E-state index >= 15 is 0 Å². The average Bonchev–Trinajstić information content (AvgIpc) is 2.92. The highest BCUT2D eigenvalue weighted by Crippen LogP contribution is 2.40. The van der Waals surface area contributed by atoms with Gasteiger partial charge in [0.1, 0.15) is 34.5 Å². The molecule has 0 heterocycles. The predicted molar refractivity (Wildman–Crippen MR) is 155 cm³/mol. The zero-order chi connectivity index (χ0) is 26.3. The SMILES string of the molecule is O=C(Pc1c(Oc2ccccc2)cc(Oc2ccccc2)cc1Oc1ccccc1)c1c(Cl)cccc1Cl. The zero-order valence-corrected chi connectivity index (χ0v) is 22.4. The van der Waals surface area contributed by atoms with Crippen molar-refractivity contribution in [2.75, 3.05) is 0 Å². The number of benzene rings is 5. The summed E-state index contributed by atoms with van der Waals surface area (Å²) in [6, 6.07) is 36.5. The fraction of sp³-hybridized carbons (Fsp3) is 0. The number of hydrogen-bond acceptors (Lipinski definition) is 4. The van der Waals surface area contributed by atoms with Gasteiger partial charge in [0.15, 0.2) is 5.52 Å². The quantitative estimate of drug-likeness (QED) is 0.169. The smallest absolute Gasteiger partial charge is 0.188 e. The molecule has 188 valence electrons. The Morgan fingerprint density at radius 2 is 0.947 bits per heavy atom. The van der Waals surface area contributed by atoms with Gasteiger partial charge in [-0.15, -0.1) is 0 Å². The molecule has 0 aliphatic rings. The molecule has 5 rings (SSSR count). The van der Waals surface area contributed by atoms with E-state index in [0.717, 1.165) is 0 Å². The Balaban J connectivity index is 1.62. The fourth-order valence-corrected chi connectivity index (χ4v) is 5.50. The standard InChI is InChI=1S/C31H21Cl2O4P/c32-25-17-10-18-26(33)29(25)31(34)38-30-27(36-22-13-6-2-7-14-22)19-24(35-21-11-4-1-5-12-21)20-28(30)37-23-15-8-3-9-16-23/h1-20,38H. The summed E-state index contributed by atoms with van der Waals surface area (Å²) in [6.45, 7) is 0. The lowest BCUT2D eigenvalue weighted by atomic mass is 10.2. The molecule has 1 atom stereocenters. The monoisotopic (exact) mass is 558 g/mol.